The van der Waals surface area contributed by atoms with E-state index >= 15 is 0 Å². The maximum atomic E-state index is 14.1. The van der Waals surface area contributed by atoms with Gasteiger partial charge in [-0.25, -0.2) is 14.4 Å². The highest BCUT2D eigenvalue weighted by Gasteiger charge is 2.21. The maximum Gasteiger partial charge on any atom is 0.206 e. The van der Waals surface area contributed by atoms with Gasteiger partial charge in [-0.2, -0.15) is 0 Å². The Labute approximate surface area is 168 Å². The van der Waals surface area contributed by atoms with Crippen LogP contribution in [-0.4, -0.2) is 37.3 Å². The van der Waals surface area contributed by atoms with Crippen molar-refractivity contribution in [3.05, 3.63) is 66.0 Å². The zero-order chi connectivity index (χ0) is 19.8. The Hall–Kier alpha value is -3.06. The number of benzene rings is 1. The monoisotopic (exact) mass is 390 g/mol. The van der Waals surface area contributed by atoms with E-state index in [0.717, 1.165) is 44.6 Å². The third-order valence-corrected chi connectivity index (χ3v) is 5.79. The first-order chi connectivity index (χ1) is 14.2. The van der Waals surface area contributed by atoms with Crippen LogP contribution in [0.15, 0.2) is 48.9 Å². The average molecular weight is 390 g/mol. The lowest BCUT2D eigenvalue weighted by atomic mass is 9.92. The van der Waals surface area contributed by atoms with Gasteiger partial charge in [-0.15, -0.1) is 0 Å². The van der Waals surface area contributed by atoms with E-state index in [-0.39, 0.29) is 17.3 Å². The second-order valence-corrected chi connectivity index (χ2v) is 7.82. The van der Waals surface area contributed by atoms with Crippen molar-refractivity contribution < 1.29 is 4.39 Å². The number of piperidine rings is 1. The lowest BCUT2D eigenvalue weighted by molar-refractivity contribution is 0.176. The number of hydrogen-bond donors (Lipinski definition) is 1. The molecule has 0 unspecified atom stereocenters. The molecule has 148 valence electrons. The first kappa shape index (κ1) is 18.0. The van der Waals surface area contributed by atoms with Gasteiger partial charge in [0, 0.05) is 30.5 Å². The topological polar surface area (TPSA) is 72.3 Å². The normalized spacial score (nSPS) is 16.0. The van der Waals surface area contributed by atoms with E-state index in [1.165, 1.54) is 11.6 Å². The van der Waals surface area contributed by atoms with Crippen LogP contribution >= 0.6 is 0 Å². The van der Waals surface area contributed by atoms with Crippen molar-refractivity contribution in [1.82, 2.24) is 24.3 Å². The van der Waals surface area contributed by atoms with Gasteiger partial charge in [-0.3, -0.25) is 14.3 Å². The molecular weight excluding hydrogens is 367 g/mol. The quantitative estimate of drug-likeness (QED) is 0.578. The molecule has 6 nitrogen and oxygen atoms in total. The summed E-state index contributed by atoms with van der Waals surface area (Å²) in [5.74, 6) is 0.479. The smallest absolute Gasteiger partial charge is 0.206 e. The number of nitrogen functional groups attached to an aromatic ring is 1. The Balaban J connectivity index is 1.31. The molecule has 0 aliphatic carbocycles. The first-order valence-electron chi connectivity index (χ1n) is 10.0. The minimum atomic E-state index is -0.373. The Bertz CT molecular complexity index is 1150. The zero-order valence-electron chi connectivity index (χ0n) is 16.1. The molecule has 0 saturated carbocycles. The van der Waals surface area contributed by atoms with Crippen LogP contribution in [0.1, 0.15) is 24.1 Å². The first-order valence-corrected chi connectivity index (χ1v) is 10.0. The van der Waals surface area contributed by atoms with Crippen LogP contribution in [0, 0.1) is 11.7 Å². The van der Waals surface area contributed by atoms with Crippen molar-refractivity contribution in [2.24, 2.45) is 5.92 Å². The predicted octanol–water partition coefficient (Wildman–Crippen LogP) is 3.45. The van der Waals surface area contributed by atoms with Gasteiger partial charge in [0.1, 0.15) is 17.0 Å². The lowest BCUT2D eigenvalue weighted by Gasteiger charge is -2.31. The molecule has 0 amide bonds. The van der Waals surface area contributed by atoms with Crippen molar-refractivity contribution in [2.75, 3.05) is 18.8 Å². The summed E-state index contributed by atoms with van der Waals surface area (Å²) < 4.78 is 15.9. The number of pyridine rings is 1. The van der Waals surface area contributed by atoms with E-state index in [2.05, 4.69) is 20.9 Å². The van der Waals surface area contributed by atoms with E-state index in [4.69, 9.17) is 10.7 Å². The largest absolute Gasteiger partial charge is 0.369 e. The minimum Gasteiger partial charge on any atom is -0.369 e. The SMILES string of the molecule is Nc1nc2c(F)cccc2c2nc(CC3CCN(Cc4cccnc4)CC3)cn12. The van der Waals surface area contributed by atoms with Crippen LogP contribution in [0.3, 0.4) is 0 Å². The van der Waals surface area contributed by atoms with Crippen LogP contribution < -0.4 is 5.73 Å². The molecule has 1 aromatic carbocycles. The zero-order valence-corrected chi connectivity index (χ0v) is 16.1. The third kappa shape index (κ3) is 3.53. The number of aromatic nitrogens is 4. The van der Waals surface area contributed by atoms with E-state index in [1.54, 1.807) is 10.5 Å². The van der Waals surface area contributed by atoms with Crippen molar-refractivity contribution >= 4 is 22.5 Å². The maximum absolute atomic E-state index is 14.1. The lowest BCUT2D eigenvalue weighted by Crippen LogP contribution is -2.33. The molecule has 2 N–H and O–H groups in total. The fourth-order valence-electron chi connectivity index (χ4n) is 4.26. The molecule has 4 aromatic rings. The molecule has 1 aliphatic heterocycles. The molecule has 3 aromatic heterocycles. The molecule has 7 heteroatoms. The molecular formula is C22H23FN6. The van der Waals surface area contributed by atoms with Crippen molar-refractivity contribution in [2.45, 2.75) is 25.8 Å². The van der Waals surface area contributed by atoms with E-state index in [0.29, 0.717) is 17.0 Å². The number of likely N-dealkylation sites (tertiary alicyclic amines) is 1. The van der Waals surface area contributed by atoms with Gasteiger partial charge in [-0.05, 0) is 62.0 Å². The van der Waals surface area contributed by atoms with Crippen LogP contribution in [0.5, 0.6) is 0 Å². The highest BCUT2D eigenvalue weighted by Crippen LogP contribution is 2.26. The second kappa shape index (κ2) is 7.40. The Kier molecular flexibility index (Phi) is 4.60. The van der Waals surface area contributed by atoms with Crippen LogP contribution in [0.25, 0.3) is 16.6 Å². The molecule has 1 aliphatic rings. The molecule has 29 heavy (non-hydrogen) atoms. The number of anilines is 1. The standard InChI is InChI=1S/C22H23FN6/c23-19-5-1-4-18-20(19)27-22(24)29-14-17(26-21(18)29)11-15-6-9-28(10-7-15)13-16-3-2-8-25-12-16/h1-5,8,12,14-15H,6-7,9-11,13H2,(H2,24,27). The molecule has 0 radical (unpaired) electrons. The van der Waals surface area contributed by atoms with Gasteiger partial charge in [0.05, 0.1) is 5.69 Å². The summed E-state index contributed by atoms with van der Waals surface area (Å²) >= 11 is 0. The summed E-state index contributed by atoms with van der Waals surface area (Å²) in [6, 6.07) is 9.03. The average Bonchev–Trinajstić information content (AvgIpc) is 3.16. The summed E-state index contributed by atoms with van der Waals surface area (Å²) in [6.45, 7) is 3.10. The number of imidazole rings is 1. The molecule has 1 saturated heterocycles. The van der Waals surface area contributed by atoms with Crippen LogP contribution in [-0.2, 0) is 13.0 Å². The molecule has 0 atom stereocenters. The van der Waals surface area contributed by atoms with Crippen molar-refractivity contribution in [3.8, 4) is 0 Å². The number of fused-ring (bicyclic) bond motifs is 3. The summed E-state index contributed by atoms with van der Waals surface area (Å²) in [7, 11) is 0. The molecule has 5 rings (SSSR count). The second-order valence-electron chi connectivity index (χ2n) is 7.82. The van der Waals surface area contributed by atoms with Gasteiger partial charge in [0.2, 0.25) is 5.95 Å². The fourth-order valence-corrected chi connectivity index (χ4v) is 4.26. The molecule has 4 heterocycles. The highest BCUT2D eigenvalue weighted by atomic mass is 19.1. The fraction of sp³-hybridized carbons (Fsp3) is 0.318. The van der Waals surface area contributed by atoms with Crippen molar-refractivity contribution in [1.29, 1.82) is 0 Å². The van der Waals surface area contributed by atoms with Gasteiger partial charge in [-0.1, -0.05) is 12.1 Å². The minimum absolute atomic E-state index is 0.266. The molecule has 1 fully saturated rings. The number of nitrogens with two attached hydrogens (primary N) is 1. The number of rotatable bonds is 4. The van der Waals surface area contributed by atoms with Gasteiger partial charge in [0.15, 0.2) is 0 Å². The summed E-state index contributed by atoms with van der Waals surface area (Å²) in [5.41, 5.74) is 9.26. The summed E-state index contributed by atoms with van der Waals surface area (Å²) in [5, 5.41) is 0.691. The predicted molar refractivity (Wildman–Crippen MR) is 111 cm³/mol. The van der Waals surface area contributed by atoms with Gasteiger partial charge in [0.25, 0.3) is 0 Å². The Morgan fingerprint density at radius 2 is 1.97 bits per heavy atom. The molecule has 0 spiro atoms. The summed E-state index contributed by atoms with van der Waals surface area (Å²) in [6.07, 6.45) is 8.87. The number of para-hydroxylation sites is 1. The van der Waals surface area contributed by atoms with E-state index in [1.807, 2.05) is 30.7 Å². The highest BCUT2D eigenvalue weighted by molar-refractivity contribution is 5.92. The van der Waals surface area contributed by atoms with E-state index < -0.39 is 0 Å². The molecule has 0 bridgehead atoms. The summed E-state index contributed by atoms with van der Waals surface area (Å²) in [4.78, 5) is 15.7. The third-order valence-electron chi connectivity index (χ3n) is 5.79. The number of hydrogen-bond acceptors (Lipinski definition) is 5. The van der Waals surface area contributed by atoms with E-state index in [9.17, 15) is 4.39 Å². The number of nitrogens with zero attached hydrogens (tertiary/aromatic N) is 5. The van der Waals surface area contributed by atoms with Crippen molar-refractivity contribution in [3.63, 3.8) is 0 Å². The Morgan fingerprint density at radius 3 is 2.76 bits per heavy atom. The van der Waals surface area contributed by atoms with Crippen LogP contribution in [0.4, 0.5) is 10.3 Å². The van der Waals surface area contributed by atoms with Gasteiger partial charge < -0.3 is 5.73 Å². The number of halogens is 1. The van der Waals surface area contributed by atoms with Gasteiger partial charge >= 0.3 is 0 Å². The van der Waals surface area contributed by atoms with Crippen LogP contribution in [0.2, 0.25) is 0 Å². The Morgan fingerprint density at radius 1 is 1.10 bits per heavy atom.